The summed E-state index contributed by atoms with van der Waals surface area (Å²) in [5.41, 5.74) is 1.16. The van der Waals surface area contributed by atoms with Crippen molar-refractivity contribution in [2.75, 3.05) is 7.11 Å². The maximum absolute atomic E-state index is 11.4. The number of hydrogen-bond donors (Lipinski definition) is 0. The van der Waals surface area contributed by atoms with E-state index in [0.717, 1.165) is 18.4 Å². The van der Waals surface area contributed by atoms with Gasteiger partial charge in [-0.3, -0.25) is 0 Å². The van der Waals surface area contributed by atoms with Crippen molar-refractivity contribution in [3.8, 4) is 0 Å². The molecule has 0 unspecified atom stereocenters. The molecule has 4 atom stereocenters. The molecule has 0 saturated carbocycles. The number of carbonyl (C=O) groups is 1. The van der Waals surface area contributed by atoms with Gasteiger partial charge in [-0.15, -0.1) is 0 Å². The lowest BCUT2D eigenvalue weighted by Gasteiger charge is -2.23. The number of hydrogen-bond acceptors (Lipinski definition) is 4. The Balaban J connectivity index is 1.86. The largest absolute Gasteiger partial charge is 0.467 e. The molecule has 0 aromatic heterocycles. The molecule has 0 amide bonds. The highest BCUT2D eigenvalue weighted by Gasteiger charge is 2.47. The quantitative estimate of drug-likeness (QED) is 0.546. The van der Waals surface area contributed by atoms with Crippen molar-refractivity contribution >= 4 is 5.97 Å². The SMILES string of the molecule is CC[C@H](C)[C@H](C[C@@H]1O[C@H]1C(=O)OC)OCc1ccccc1. The van der Waals surface area contributed by atoms with Crippen LogP contribution in [0.25, 0.3) is 0 Å². The number of rotatable bonds is 8. The molecule has 0 N–H and O–H groups in total. The minimum Gasteiger partial charge on any atom is -0.467 e. The van der Waals surface area contributed by atoms with Gasteiger partial charge in [0, 0.05) is 6.42 Å². The van der Waals surface area contributed by atoms with E-state index in [4.69, 9.17) is 14.2 Å². The lowest BCUT2D eigenvalue weighted by Crippen LogP contribution is -2.25. The van der Waals surface area contributed by atoms with Crippen LogP contribution in [-0.2, 0) is 25.6 Å². The second kappa shape index (κ2) is 7.57. The second-order valence-electron chi connectivity index (χ2n) is 5.57. The van der Waals surface area contributed by atoms with Crippen LogP contribution in [0, 0.1) is 5.92 Å². The molecular formula is C17H24O4. The summed E-state index contributed by atoms with van der Waals surface area (Å²) in [6, 6.07) is 10.1. The maximum Gasteiger partial charge on any atom is 0.337 e. The van der Waals surface area contributed by atoms with Gasteiger partial charge >= 0.3 is 5.97 Å². The van der Waals surface area contributed by atoms with Crippen molar-refractivity contribution in [1.82, 2.24) is 0 Å². The highest BCUT2D eigenvalue weighted by atomic mass is 16.6. The first-order valence-corrected chi connectivity index (χ1v) is 7.54. The van der Waals surface area contributed by atoms with Crippen molar-refractivity contribution < 1.29 is 19.0 Å². The molecule has 116 valence electrons. The van der Waals surface area contributed by atoms with Gasteiger partial charge in [0.1, 0.15) is 0 Å². The van der Waals surface area contributed by atoms with Crippen LogP contribution in [0.15, 0.2) is 30.3 Å². The number of methoxy groups -OCH3 is 1. The van der Waals surface area contributed by atoms with E-state index in [2.05, 4.69) is 26.0 Å². The lowest BCUT2D eigenvalue weighted by atomic mass is 9.97. The van der Waals surface area contributed by atoms with Crippen LogP contribution in [0.1, 0.15) is 32.3 Å². The van der Waals surface area contributed by atoms with E-state index in [-0.39, 0.29) is 18.2 Å². The Labute approximate surface area is 126 Å². The Bertz CT molecular complexity index is 445. The zero-order valence-corrected chi connectivity index (χ0v) is 13.0. The third-order valence-electron chi connectivity index (χ3n) is 4.07. The predicted molar refractivity (Wildman–Crippen MR) is 79.8 cm³/mol. The van der Waals surface area contributed by atoms with Gasteiger partial charge in [-0.05, 0) is 11.5 Å². The number of ether oxygens (including phenoxy) is 3. The highest BCUT2D eigenvalue weighted by Crippen LogP contribution is 2.31. The van der Waals surface area contributed by atoms with Gasteiger partial charge in [-0.25, -0.2) is 4.79 Å². The topological polar surface area (TPSA) is 48.1 Å². The van der Waals surface area contributed by atoms with E-state index in [9.17, 15) is 4.79 Å². The first kappa shape index (κ1) is 16.0. The fraction of sp³-hybridized carbons (Fsp3) is 0.588. The van der Waals surface area contributed by atoms with Crippen molar-refractivity contribution in [2.24, 2.45) is 5.92 Å². The van der Waals surface area contributed by atoms with Crippen LogP contribution in [0.3, 0.4) is 0 Å². The summed E-state index contributed by atoms with van der Waals surface area (Å²) in [6.45, 7) is 4.91. The molecule has 1 heterocycles. The first-order valence-electron chi connectivity index (χ1n) is 7.54. The summed E-state index contributed by atoms with van der Waals surface area (Å²) in [4.78, 5) is 11.4. The number of esters is 1. The molecular weight excluding hydrogens is 268 g/mol. The maximum atomic E-state index is 11.4. The zero-order valence-electron chi connectivity index (χ0n) is 13.0. The molecule has 1 aliphatic rings. The van der Waals surface area contributed by atoms with Crippen LogP contribution in [-0.4, -0.2) is 31.4 Å². The minimum absolute atomic E-state index is 0.0628. The Morgan fingerprint density at radius 2 is 2.05 bits per heavy atom. The predicted octanol–water partition coefficient (Wildman–Crippen LogP) is 2.95. The molecule has 1 aromatic rings. The van der Waals surface area contributed by atoms with Gasteiger partial charge in [0.2, 0.25) is 0 Å². The average Bonchev–Trinajstić information content (AvgIpc) is 3.30. The van der Waals surface area contributed by atoms with Crippen LogP contribution >= 0.6 is 0 Å². The lowest BCUT2D eigenvalue weighted by molar-refractivity contribution is -0.142. The van der Waals surface area contributed by atoms with Crippen LogP contribution < -0.4 is 0 Å². The zero-order chi connectivity index (χ0) is 15.2. The third kappa shape index (κ3) is 4.55. The first-order chi connectivity index (χ1) is 10.2. The Hall–Kier alpha value is -1.39. The molecule has 0 aliphatic carbocycles. The van der Waals surface area contributed by atoms with Gasteiger partial charge in [0.15, 0.2) is 6.10 Å². The van der Waals surface area contributed by atoms with E-state index in [1.54, 1.807) is 0 Å². The van der Waals surface area contributed by atoms with Gasteiger partial charge in [0.05, 0.1) is 25.9 Å². The van der Waals surface area contributed by atoms with Crippen LogP contribution in [0.4, 0.5) is 0 Å². The van der Waals surface area contributed by atoms with E-state index in [1.165, 1.54) is 7.11 Å². The van der Waals surface area contributed by atoms with E-state index in [0.29, 0.717) is 12.5 Å². The number of carbonyl (C=O) groups excluding carboxylic acids is 1. The number of epoxide rings is 1. The summed E-state index contributed by atoms with van der Waals surface area (Å²) in [5.74, 6) is 0.141. The third-order valence-corrected chi connectivity index (χ3v) is 4.07. The standard InChI is InChI=1S/C17H24O4/c1-4-12(2)14(10-15-16(21-15)17(18)19-3)20-11-13-8-6-5-7-9-13/h5-9,12,14-16H,4,10-11H2,1-3H3/t12-,14-,15-,16+/m0/s1. The molecule has 4 nitrogen and oxygen atoms in total. The van der Waals surface area contributed by atoms with Crippen LogP contribution in [0.5, 0.6) is 0 Å². The normalized spacial score (nSPS) is 23.4. The van der Waals surface area contributed by atoms with Gasteiger partial charge in [0.25, 0.3) is 0 Å². The van der Waals surface area contributed by atoms with Crippen molar-refractivity contribution in [3.63, 3.8) is 0 Å². The van der Waals surface area contributed by atoms with Gasteiger partial charge in [-0.1, -0.05) is 50.6 Å². The highest BCUT2D eigenvalue weighted by molar-refractivity contribution is 5.77. The average molecular weight is 292 g/mol. The Morgan fingerprint density at radius 1 is 1.33 bits per heavy atom. The summed E-state index contributed by atoms with van der Waals surface area (Å²) >= 11 is 0. The molecule has 1 aliphatic heterocycles. The van der Waals surface area contributed by atoms with Gasteiger partial charge in [-0.2, -0.15) is 0 Å². The summed E-state index contributed by atoms with van der Waals surface area (Å²) < 4.78 is 16.2. The number of benzene rings is 1. The van der Waals surface area contributed by atoms with Crippen LogP contribution in [0.2, 0.25) is 0 Å². The fourth-order valence-electron chi connectivity index (χ4n) is 2.38. The molecule has 0 radical (unpaired) electrons. The van der Waals surface area contributed by atoms with E-state index in [1.807, 2.05) is 18.2 Å². The second-order valence-corrected chi connectivity index (χ2v) is 5.57. The Morgan fingerprint density at radius 3 is 2.67 bits per heavy atom. The molecule has 0 spiro atoms. The molecule has 1 saturated heterocycles. The van der Waals surface area contributed by atoms with E-state index >= 15 is 0 Å². The molecule has 1 fully saturated rings. The molecule has 1 aromatic carbocycles. The Kier molecular flexibility index (Phi) is 5.76. The molecule has 4 heteroatoms. The monoisotopic (exact) mass is 292 g/mol. The minimum atomic E-state index is -0.401. The molecule has 2 rings (SSSR count). The summed E-state index contributed by atoms with van der Waals surface area (Å²) in [5, 5.41) is 0. The fourth-order valence-corrected chi connectivity index (χ4v) is 2.38. The summed E-state index contributed by atoms with van der Waals surface area (Å²) in [7, 11) is 1.39. The van der Waals surface area contributed by atoms with Crippen molar-refractivity contribution in [3.05, 3.63) is 35.9 Å². The van der Waals surface area contributed by atoms with Crippen molar-refractivity contribution in [2.45, 2.75) is 51.6 Å². The van der Waals surface area contributed by atoms with Gasteiger partial charge < -0.3 is 14.2 Å². The summed E-state index contributed by atoms with van der Waals surface area (Å²) in [6.07, 6.45) is 1.40. The molecule has 21 heavy (non-hydrogen) atoms. The smallest absolute Gasteiger partial charge is 0.337 e. The molecule has 0 bridgehead atoms. The van der Waals surface area contributed by atoms with Crippen molar-refractivity contribution in [1.29, 1.82) is 0 Å². The van der Waals surface area contributed by atoms with E-state index < -0.39 is 6.10 Å².